The van der Waals surface area contributed by atoms with Crippen molar-refractivity contribution in [1.82, 2.24) is 5.43 Å². The predicted octanol–water partition coefficient (Wildman–Crippen LogP) is 3.76. The van der Waals surface area contributed by atoms with Gasteiger partial charge in [-0.25, -0.2) is 9.82 Å². The largest absolute Gasteiger partial charge is 0.455 e. The molecule has 0 fully saturated rings. The van der Waals surface area contributed by atoms with Crippen molar-refractivity contribution in [2.24, 2.45) is 5.10 Å². The standard InChI is InChI=1S/C18H12FN3O4/c19-13-6-8-15(16(10-13)22(24)25)17-9-7-14(26-17)11-20-21-18(23)12-4-2-1-3-5-12/h1-11H,(H,21,23)/b20-11+. The van der Waals surface area contributed by atoms with Crippen molar-refractivity contribution in [2.45, 2.75) is 0 Å². The van der Waals surface area contributed by atoms with Crippen LogP contribution in [-0.2, 0) is 0 Å². The van der Waals surface area contributed by atoms with Gasteiger partial charge in [-0.3, -0.25) is 14.9 Å². The molecule has 1 amide bonds. The Kier molecular flexibility index (Phi) is 4.84. The van der Waals surface area contributed by atoms with Gasteiger partial charge in [0.25, 0.3) is 11.6 Å². The van der Waals surface area contributed by atoms with Gasteiger partial charge in [0.2, 0.25) is 0 Å². The zero-order chi connectivity index (χ0) is 18.5. The van der Waals surface area contributed by atoms with E-state index in [0.717, 1.165) is 12.1 Å². The normalized spacial score (nSPS) is 10.8. The van der Waals surface area contributed by atoms with Crippen LogP contribution in [0.3, 0.4) is 0 Å². The lowest BCUT2D eigenvalue weighted by atomic mass is 10.1. The summed E-state index contributed by atoms with van der Waals surface area (Å²) >= 11 is 0. The molecule has 1 heterocycles. The zero-order valence-corrected chi connectivity index (χ0v) is 13.3. The number of hydrogen-bond donors (Lipinski definition) is 1. The van der Waals surface area contributed by atoms with Crippen LogP contribution >= 0.6 is 0 Å². The Morgan fingerprint density at radius 1 is 1.15 bits per heavy atom. The molecule has 130 valence electrons. The second-order valence-corrected chi connectivity index (χ2v) is 5.19. The molecule has 8 heteroatoms. The molecule has 0 spiro atoms. The summed E-state index contributed by atoms with van der Waals surface area (Å²) in [5.74, 6) is -0.639. The van der Waals surface area contributed by atoms with Crippen molar-refractivity contribution >= 4 is 17.8 Å². The van der Waals surface area contributed by atoms with Crippen molar-refractivity contribution in [2.75, 3.05) is 0 Å². The van der Waals surface area contributed by atoms with Gasteiger partial charge in [-0.15, -0.1) is 0 Å². The minimum atomic E-state index is -0.711. The van der Waals surface area contributed by atoms with Crippen LogP contribution in [-0.4, -0.2) is 17.0 Å². The van der Waals surface area contributed by atoms with Crippen molar-refractivity contribution < 1.29 is 18.5 Å². The third-order valence-electron chi connectivity index (χ3n) is 3.44. The number of nitrogens with one attached hydrogen (secondary N) is 1. The van der Waals surface area contributed by atoms with E-state index in [4.69, 9.17) is 4.42 Å². The van der Waals surface area contributed by atoms with Crippen molar-refractivity contribution in [1.29, 1.82) is 0 Å². The Balaban J connectivity index is 1.75. The van der Waals surface area contributed by atoms with Crippen LogP contribution in [0.1, 0.15) is 16.1 Å². The minimum absolute atomic E-state index is 0.143. The number of carbonyl (C=O) groups is 1. The van der Waals surface area contributed by atoms with Crippen molar-refractivity contribution in [3.63, 3.8) is 0 Å². The summed E-state index contributed by atoms with van der Waals surface area (Å²) in [6.07, 6.45) is 1.26. The molecule has 0 aliphatic heterocycles. The lowest BCUT2D eigenvalue weighted by Gasteiger charge is -2.00. The molecule has 1 aromatic heterocycles. The molecule has 0 unspecified atom stereocenters. The van der Waals surface area contributed by atoms with E-state index < -0.39 is 16.4 Å². The molecule has 0 saturated heterocycles. The van der Waals surface area contributed by atoms with Crippen molar-refractivity contribution in [3.8, 4) is 11.3 Å². The minimum Gasteiger partial charge on any atom is -0.455 e. The van der Waals surface area contributed by atoms with Crippen LogP contribution in [0.15, 0.2) is 70.2 Å². The van der Waals surface area contributed by atoms with E-state index in [-0.39, 0.29) is 23.0 Å². The lowest BCUT2D eigenvalue weighted by Crippen LogP contribution is -2.17. The van der Waals surface area contributed by atoms with Gasteiger partial charge in [-0.05, 0) is 36.4 Å². The fraction of sp³-hybridized carbons (Fsp3) is 0. The molecular formula is C18H12FN3O4. The van der Waals surface area contributed by atoms with E-state index in [0.29, 0.717) is 5.56 Å². The first-order valence-electron chi connectivity index (χ1n) is 7.47. The Hall–Kier alpha value is -3.81. The number of nitro benzene ring substituents is 1. The molecule has 0 saturated carbocycles. The monoisotopic (exact) mass is 353 g/mol. The average molecular weight is 353 g/mol. The number of rotatable bonds is 5. The second-order valence-electron chi connectivity index (χ2n) is 5.19. The topological polar surface area (TPSA) is 97.7 Å². The highest BCUT2D eigenvalue weighted by atomic mass is 19.1. The van der Waals surface area contributed by atoms with Gasteiger partial charge in [-0.2, -0.15) is 5.10 Å². The van der Waals surface area contributed by atoms with Crippen LogP contribution in [0.4, 0.5) is 10.1 Å². The smallest absolute Gasteiger partial charge is 0.283 e. The van der Waals surface area contributed by atoms with E-state index in [1.165, 1.54) is 24.4 Å². The first-order chi connectivity index (χ1) is 12.5. The van der Waals surface area contributed by atoms with Gasteiger partial charge in [-0.1, -0.05) is 18.2 Å². The van der Waals surface area contributed by atoms with E-state index in [1.54, 1.807) is 30.3 Å². The van der Waals surface area contributed by atoms with Gasteiger partial charge in [0.05, 0.1) is 22.8 Å². The van der Waals surface area contributed by atoms with Crippen molar-refractivity contribution in [3.05, 3.63) is 87.9 Å². The maximum atomic E-state index is 13.2. The molecule has 3 rings (SSSR count). The molecule has 0 aliphatic rings. The number of furan rings is 1. The number of hydrogen-bond acceptors (Lipinski definition) is 5. The van der Waals surface area contributed by atoms with Crippen LogP contribution in [0, 0.1) is 15.9 Å². The maximum absolute atomic E-state index is 13.2. The van der Waals surface area contributed by atoms with Gasteiger partial charge in [0.15, 0.2) is 0 Å². The summed E-state index contributed by atoms with van der Waals surface area (Å²) in [7, 11) is 0. The van der Waals surface area contributed by atoms with Crippen LogP contribution < -0.4 is 5.43 Å². The number of carbonyl (C=O) groups excluding carboxylic acids is 1. The highest BCUT2D eigenvalue weighted by Gasteiger charge is 2.19. The summed E-state index contributed by atoms with van der Waals surface area (Å²) in [4.78, 5) is 22.2. The van der Waals surface area contributed by atoms with Gasteiger partial charge in [0.1, 0.15) is 17.3 Å². The van der Waals surface area contributed by atoms with E-state index in [9.17, 15) is 19.3 Å². The number of nitrogens with zero attached hydrogens (tertiary/aromatic N) is 2. The molecule has 26 heavy (non-hydrogen) atoms. The predicted molar refractivity (Wildman–Crippen MR) is 92.3 cm³/mol. The molecule has 0 aliphatic carbocycles. The van der Waals surface area contributed by atoms with E-state index in [2.05, 4.69) is 10.5 Å². The van der Waals surface area contributed by atoms with Gasteiger partial charge >= 0.3 is 0 Å². The lowest BCUT2D eigenvalue weighted by molar-refractivity contribution is -0.384. The summed E-state index contributed by atoms with van der Waals surface area (Å²) in [6.45, 7) is 0. The van der Waals surface area contributed by atoms with Gasteiger partial charge in [0, 0.05) is 5.56 Å². The Bertz CT molecular complexity index is 983. The molecule has 0 radical (unpaired) electrons. The average Bonchev–Trinajstić information content (AvgIpc) is 3.11. The Morgan fingerprint density at radius 2 is 1.92 bits per heavy atom. The molecule has 0 bridgehead atoms. The molecule has 2 aromatic carbocycles. The summed E-state index contributed by atoms with van der Waals surface area (Å²) in [5, 5.41) is 14.8. The molecule has 0 atom stereocenters. The van der Waals surface area contributed by atoms with Crippen LogP contribution in [0.25, 0.3) is 11.3 Å². The fourth-order valence-corrected chi connectivity index (χ4v) is 2.24. The second kappa shape index (κ2) is 7.39. The Labute approximate surface area is 146 Å². The number of halogens is 1. The molecule has 7 nitrogen and oxygen atoms in total. The van der Waals surface area contributed by atoms with Crippen LogP contribution in [0.2, 0.25) is 0 Å². The summed E-state index contributed by atoms with van der Waals surface area (Å²) in [5.41, 5.74) is 2.54. The molecular weight excluding hydrogens is 341 g/mol. The third-order valence-corrected chi connectivity index (χ3v) is 3.44. The molecule has 3 aromatic rings. The van der Waals surface area contributed by atoms with E-state index in [1.807, 2.05) is 0 Å². The fourth-order valence-electron chi connectivity index (χ4n) is 2.24. The van der Waals surface area contributed by atoms with Crippen LogP contribution in [0.5, 0.6) is 0 Å². The summed E-state index contributed by atoms with van der Waals surface area (Å²) < 4.78 is 18.7. The zero-order valence-electron chi connectivity index (χ0n) is 13.3. The highest BCUT2D eigenvalue weighted by Crippen LogP contribution is 2.31. The summed E-state index contributed by atoms with van der Waals surface area (Å²) in [6, 6.07) is 14.8. The van der Waals surface area contributed by atoms with E-state index >= 15 is 0 Å². The quantitative estimate of drug-likeness (QED) is 0.429. The Morgan fingerprint density at radius 3 is 2.65 bits per heavy atom. The SMILES string of the molecule is O=C(N/N=C/c1ccc(-c2ccc(F)cc2[N+](=O)[O-])o1)c1ccccc1. The first-order valence-corrected chi connectivity index (χ1v) is 7.47. The van der Waals surface area contributed by atoms with Gasteiger partial charge < -0.3 is 4.42 Å². The first kappa shape index (κ1) is 17.0. The maximum Gasteiger partial charge on any atom is 0.283 e. The number of hydrazone groups is 1. The number of nitro groups is 1. The highest BCUT2D eigenvalue weighted by molar-refractivity contribution is 5.94. The third kappa shape index (κ3) is 3.81. The number of benzene rings is 2. The molecule has 1 N–H and O–H groups in total. The number of amides is 1.